The molecule has 0 unspecified atom stereocenters. The van der Waals surface area contributed by atoms with E-state index < -0.39 is 0 Å². The van der Waals surface area contributed by atoms with Gasteiger partial charge in [0, 0.05) is 17.0 Å². The van der Waals surface area contributed by atoms with E-state index in [-0.39, 0.29) is 5.91 Å². The second-order valence-corrected chi connectivity index (χ2v) is 7.25. The number of anilines is 1. The quantitative estimate of drug-likeness (QED) is 0.414. The minimum Gasteiger partial charge on any atom is -0.494 e. The maximum absolute atomic E-state index is 12.3. The van der Waals surface area contributed by atoms with E-state index in [0.717, 1.165) is 22.6 Å². The van der Waals surface area contributed by atoms with Gasteiger partial charge in [0.25, 0.3) is 0 Å². The Labute approximate surface area is 186 Å². The molecule has 0 fully saturated rings. The first kappa shape index (κ1) is 22.4. The molecule has 162 valence electrons. The lowest BCUT2D eigenvalue weighted by Crippen LogP contribution is -2.07. The zero-order chi connectivity index (χ0) is 22.1. The number of ether oxygens (including phenoxy) is 3. The van der Waals surface area contributed by atoms with Gasteiger partial charge in [-0.2, -0.15) is 0 Å². The van der Waals surface area contributed by atoms with Crippen LogP contribution >= 0.6 is 11.3 Å². The van der Waals surface area contributed by atoms with Gasteiger partial charge in [-0.1, -0.05) is 6.07 Å². The second kappa shape index (κ2) is 11.2. The molecule has 1 amide bonds. The molecule has 0 spiro atoms. The van der Waals surface area contributed by atoms with E-state index in [4.69, 9.17) is 14.2 Å². The summed E-state index contributed by atoms with van der Waals surface area (Å²) >= 11 is 1.38. The molecule has 0 saturated carbocycles. The SMILES string of the molecule is CCOc1ccc(-c2csc(NC(=O)C=Cc3ccc(OCC)c(OCC)c3)n2)cc1. The number of carbonyl (C=O) groups excluding carboxylic acids is 1. The number of thiazole rings is 1. The van der Waals surface area contributed by atoms with Crippen LogP contribution in [0.2, 0.25) is 0 Å². The van der Waals surface area contributed by atoms with Crippen molar-refractivity contribution in [2.24, 2.45) is 0 Å². The lowest BCUT2D eigenvalue weighted by atomic mass is 10.2. The first-order valence-electron chi connectivity index (χ1n) is 10.2. The first-order valence-corrected chi connectivity index (χ1v) is 11.1. The summed E-state index contributed by atoms with van der Waals surface area (Å²) in [5.74, 6) is 1.92. The van der Waals surface area contributed by atoms with E-state index in [1.165, 1.54) is 17.4 Å². The van der Waals surface area contributed by atoms with E-state index in [1.807, 2.05) is 68.6 Å². The van der Waals surface area contributed by atoms with E-state index >= 15 is 0 Å². The van der Waals surface area contributed by atoms with Crippen LogP contribution < -0.4 is 19.5 Å². The summed E-state index contributed by atoms with van der Waals surface area (Å²) in [7, 11) is 0. The predicted molar refractivity (Wildman–Crippen MR) is 125 cm³/mol. The minimum absolute atomic E-state index is 0.251. The summed E-state index contributed by atoms with van der Waals surface area (Å²) in [5, 5.41) is 5.26. The summed E-state index contributed by atoms with van der Waals surface area (Å²) in [4.78, 5) is 16.8. The molecule has 6 nitrogen and oxygen atoms in total. The van der Waals surface area contributed by atoms with Crippen molar-refractivity contribution in [2.45, 2.75) is 20.8 Å². The van der Waals surface area contributed by atoms with Gasteiger partial charge in [-0.3, -0.25) is 10.1 Å². The van der Waals surface area contributed by atoms with Crippen LogP contribution in [-0.4, -0.2) is 30.7 Å². The van der Waals surface area contributed by atoms with E-state index in [9.17, 15) is 4.79 Å². The van der Waals surface area contributed by atoms with Crippen LogP contribution in [0.4, 0.5) is 5.13 Å². The molecule has 1 aromatic heterocycles. The molecule has 0 radical (unpaired) electrons. The molecule has 0 saturated heterocycles. The first-order chi connectivity index (χ1) is 15.1. The summed E-state index contributed by atoms with van der Waals surface area (Å²) < 4.78 is 16.6. The highest BCUT2D eigenvalue weighted by Gasteiger charge is 2.08. The van der Waals surface area contributed by atoms with Gasteiger partial charge in [-0.25, -0.2) is 4.98 Å². The molecule has 3 rings (SSSR count). The largest absolute Gasteiger partial charge is 0.494 e. The molecule has 0 aliphatic carbocycles. The predicted octanol–water partition coefficient (Wildman–Crippen LogP) is 5.66. The molecule has 3 aromatic rings. The van der Waals surface area contributed by atoms with Gasteiger partial charge in [-0.05, 0) is 68.8 Å². The fourth-order valence-electron chi connectivity index (χ4n) is 2.84. The lowest BCUT2D eigenvalue weighted by Gasteiger charge is -2.11. The van der Waals surface area contributed by atoms with Crippen LogP contribution in [0.25, 0.3) is 17.3 Å². The normalized spacial score (nSPS) is 10.8. The van der Waals surface area contributed by atoms with Crippen molar-refractivity contribution >= 4 is 28.5 Å². The number of aromatic nitrogens is 1. The third-order valence-corrected chi connectivity index (χ3v) is 4.95. The van der Waals surface area contributed by atoms with E-state index in [0.29, 0.717) is 36.5 Å². The zero-order valence-electron chi connectivity index (χ0n) is 17.9. The molecule has 0 bridgehead atoms. The fourth-order valence-corrected chi connectivity index (χ4v) is 3.57. The molecular weight excluding hydrogens is 412 g/mol. The van der Waals surface area contributed by atoms with Crippen LogP contribution in [0, 0.1) is 0 Å². The minimum atomic E-state index is -0.251. The van der Waals surface area contributed by atoms with Gasteiger partial charge < -0.3 is 14.2 Å². The Hall–Kier alpha value is -3.32. The van der Waals surface area contributed by atoms with Crippen molar-refractivity contribution in [1.82, 2.24) is 4.98 Å². The number of carbonyl (C=O) groups is 1. The van der Waals surface area contributed by atoms with Gasteiger partial charge in [0.1, 0.15) is 5.75 Å². The molecule has 31 heavy (non-hydrogen) atoms. The Morgan fingerprint density at radius 3 is 2.39 bits per heavy atom. The van der Waals surface area contributed by atoms with Gasteiger partial charge in [-0.15, -0.1) is 11.3 Å². The van der Waals surface area contributed by atoms with Crippen LogP contribution in [-0.2, 0) is 4.79 Å². The van der Waals surface area contributed by atoms with Crippen LogP contribution in [0.5, 0.6) is 17.2 Å². The molecule has 0 aliphatic rings. The summed E-state index contributed by atoms with van der Waals surface area (Å²) in [6, 6.07) is 13.3. The van der Waals surface area contributed by atoms with Gasteiger partial charge in [0.05, 0.1) is 25.5 Å². The van der Waals surface area contributed by atoms with Gasteiger partial charge >= 0.3 is 0 Å². The molecule has 0 aliphatic heterocycles. The van der Waals surface area contributed by atoms with Crippen molar-refractivity contribution in [3.8, 4) is 28.5 Å². The van der Waals surface area contributed by atoms with Crippen LogP contribution in [0.15, 0.2) is 53.9 Å². The Morgan fingerprint density at radius 2 is 1.68 bits per heavy atom. The average Bonchev–Trinajstić information content (AvgIpc) is 3.23. The lowest BCUT2D eigenvalue weighted by molar-refractivity contribution is -0.111. The van der Waals surface area contributed by atoms with Crippen molar-refractivity contribution in [1.29, 1.82) is 0 Å². The Bertz CT molecular complexity index is 1030. The monoisotopic (exact) mass is 438 g/mol. The number of rotatable bonds is 10. The maximum Gasteiger partial charge on any atom is 0.250 e. The fraction of sp³-hybridized carbons (Fsp3) is 0.250. The molecule has 0 atom stereocenters. The topological polar surface area (TPSA) is 69.7 Å². The van der Waals surface area contributed by atoms with Crippen molar-refractivity contribution in [3.05, 3.63) is 59.5 Å². The van der Waals surface area contributed by atoms with Crippen molar-refractivity contribution < 1.29 is 19.0 Å². The number of nitrogens with one attached hydrogen (secondary N) is 1. The summed E-state index contributed by atoms with van der Waals surface area (Å²) in [6.07, 6.45) is 3.21. The van der Waals surface area contributed by atoms with Crippen molar-refractivity contribution in [2.75, 3.05) is 25.1 Å². The Balaban J connectivity index is 1.63. The Kier molecular flexibility index (Phi) is 8.06. The highest BCUT2D eigenvalue weighted by Crippen LogP contribution is 2.29. The number of amides is 1. The molecule has 1 N–H and O–H groups in total. The van der Waals surface area contributed by atoms with Crippen LogP contribution in [0.3, 0.4) is 0 Å². The van der Waals surface area contributed by atoms with E-state index in [1.54, 1.807) is 6.08 Å². The average molecular weight is 439 g/mol. The number of nitrogens with zero attached hydrogens (tertiary/aromatic N) is 1. The molecule has 2 aromatic carbocycles. The van der Waals surface area contributed by atoms with Crippen LogP contribution in [0.1, 0.15) is 26.3 Å². The number of hydrogen-bond acceptors (Lipinski definition) is 6. The third kappa shape index (κ3) is 6.33. The number of hydrogen-bond donors (Lipinski definition) is 1. The van der Waals surface area contributed by atoms with E-state index in [2.05, 4.69) is 10.3 Å². The van der Waals surface area contributed by atoms with Gasteiger partial charge in [0.15, 0.2) is 16.6 Å². The number of benzene rings is 2. The smallest absolute Gasteiger partial charge is 0.250 e. The molecular formula is C24H26N2O4S. The zero-order valence-corrected chi connectivity index (χ0v) is 18.7. The highest BCUT2D eigenvalue weighted by atomic mass is 32.1. The second-order valence-electron chi connectivity index (χ2n) is 6.39. The highest BCUT2D eigenvalue weighted by molar-refractivity contribution is 7.14. The van der Waals surface area contributed by atoms with Gasteiger partial charge in [0.2, 0.25) is 5.91 Å². The summed E-state index contributed by atoms with van der Waals surface area (Å²) in [6.45, 7) is 7.52. The van der Waals surface area contributed by atoms with Crippen molar-refractivity contribution in [3.63, 3.8) is 0 Å². The standard InChI is InChI=1S/C24H26N2O4S/c1-4-28-19-11-9-18(10-12-19)20-16-31-24(25-20)26-23(27)14-8-17-7-13-21(29-5-2)22(15-17)30-6-3/h7-16H,4-6H2,1-3H3,(H,25,26,27). The Morgan fingerprint density at radius 1 is 0.968 bits per heavy atom. The third-order valence-electron chi connectivity index (χ3n) is 4.19. The maximum atomic E-state index is 12.3. The summed E-state index contributed by atoms with van der Waals surface area (Å²) in [5.41, 5.74) is 2.62. The molecule has 1 heterocycles. The molecule has 7 heteroatoms.